The maximum absolute atomic E-state index is 3.29. The number of rotatable bonds is 6. The number of hydrogen-bond acceptors (Lipinski definition) is 2. The summed E-state index contributed by atoms with van der Waals surface area (Å²) in [6, 6.07) is 0. The fourth-order valence-electron chi connectivity index (χ4n) is 2.58. The summed E-state index contributed by atoms with van der Waals surface area (Å²) in [6.45, 7) is 5.25. The van der Waals surface area contributed by atoms with Gasteiger partial charge in [-0.05, 0) is 57.8 Å². The molecule has 0 radical (unpaired) electrons. The van der Waals surface area contributed by atoms with Gasteiger partial charge < -0.3 is 10.2 Å². The first kappa shape index (κ1) is 10.4. The van der Waals surface area contributed by atoms with Gasteiger partial charge in [-0.2, -0.15) is 0 Å². The molecule has 2 rings (SSSR count). The third-order valence-electron chi connectivity index (χ3n) is 3.65. The maximum Gasteiger partial charge on any atom is 0.00223 e. The molecule has 0 aromatic carbocycles. The van der Waals surface area contributed by atoms with Gasteiger partial charge in [-0.3, -0.25) is 0 Å². The summed E-state index contributed by atoms with van der Waals surface area (Å²) in [6.07, 6.45) is 7.37. The first-order valence-electron chi connectivity index (χ1n) is 6.25. The topological polar surface area (TPSA) is 15.3 Å². The van der Waals surface area contributed by atoms with E-state index >= 15 is 0 Å². The Bertz CT molecular complexity index is 166. The van der Waals surface area contributed by atoms with E-state index in [1.54, 1.807) is 0 Å². The zero-order chi connectivity index (χ0) is 9.80. The fraction of sp³-hybridized carbons (Fsp3) is 1.00. The largest absolute Gasteiger partial charge is 0.319 e. The van der Waals surface area contributed by atoms with E-state index in [9.17, 15) is 0 Å². The molecular formula is C12H24N2. The minimum Gasteiger partial charge on any atom is -0.319 e. The Kier molecular flexibility index (Phi) is 3.82. The molecule has 2 fully saturated rings. The maximum atomic E-state index is 3.29. The molecule has 2 nitrogen and oxygen atoms in total. The van der Waals surface area contributed by atoms with Crippen LogP contribution < -0.4 is 5.32 Å². The monoisotopic (exact) mass is 196 g/mol. The van der Waals surface area contributed by atoms with E-state index in [0.29, 0.717) is 0 Å². The third-order valence-corrected chi connectivity index (χ3v) is 3.65. The predicted octanol–water partition coefficient (Wildman–Crippen LogP) is 1.72. The van der Waals surface area contributed by atoms with Crippen molar-refractivity contribution >= 4 is 0 Å². The van der Waals surface area contributed by atoms with Crippen LogP contribution in [0.25, 0.3) is 0 Å². The second-order valence-electron chi connectivity index (χ2n) is 5.10. The van der Waals surface area contributed by atoms with Crippen LogP contribution in [-0.4, -0.2) is 38.1 Å². The lowest BCUT2D eigenvalue weighted by Crippen LogP contribution is -2.25. The van der Waals surface area contributed by atoms with E-state index < -0.39 is 0 Å². The lowest BCUT2D eigenvalue weighted by molar-refractivity contribution is 0.312. The molecule has 82 valence electrons. The highest BCUT2D eigenvalue weighted by atomic mass is 15.1. The second-order valence-corrected chi connectivity index (χ2v) is 5.10. The molecule has 2 aliphatic rings. The van der Waals surface area contributed by atoms with Crippen LogP contribution in [0, 0.1) is 11.8 Å². The molecular weight excluding hydrogens is 172 g/mol. The van der Waals surface area contributed by atoms with Crippen molar-refractivity contribution in [2.24, 2.45) is 11.8 Å². The average molecular weight is 196 g/mol. The summed E-state index contributed by atoms with van der Waals surface area (Å²) in [7, 11) is 2.07. The van der Waals surface area contributed by atoms with Crippen molar-refractivity contribution in [3.8, 4) is 0 Å². The molecule has 1 saturated heterocycles. The number of hydrogen-bond donors (Lipinski definition) is 1. The summed E-state index contributed by atoms with van der Waals surface area (Å²) >= 11 is 0. The van der Waals surface area contributed by atoms with Crippen molar-refractivity contribution in [3.05, 3.63) is 0 Å². The summed E-state index contributed by atoms with van der Waals surface area (Å²) in [5.74, 6) is 2.03. The smallest absolute Gasteiger partial charge is 0.00223 e. The van der Waals surface area contributed by atoms with Crippen LogP contribution in [0.3, 0.4) is 0 Å². The molecule has 0 aromatic heterocycles. The average Bonchev–Trinajstić information content (AvgIpc) is 2.88. The van der Waals surface area contributed by atoms with Crippen molar-refractivity contribution < 1.29 is 0 Å². The van der Waals surface area contributed by atoms with Gasteiger partial charge in [-0.25, -0.2) is 0 Å². The van der Waals surface area contributed by atoms with E-state index in [1.165, 1.54) is 58.3 Å². The van der Waals surface area contributed by atoms with E-state index in [4.69, 9.17) is 0 Å². The zero-order valence-corrected chi connectivity index (χ0v) is 9.47. The molecule has 0 bridgehead atoms. The minimum absolute atomic E-state index is 0.918. The second kappa shape index (κ2) is 5.13. The van der Waals surface area contributed by atoms with Gasteiger partial charge in [0, 0.05) is 6.54 Å². The van der Waals surface area contributed by atoms with Gasteiger partial charge in [0.15, 0.2) is 0 Å². The summed E-state index contributed by atoms with van der Waals surface area (Å²) in [4.78, 5) is 2.66. The van der Waals surface area contributed by atoms with Crippen molar-refractivity contribution in [1.82, 2.24) is 10.2 Å². The summed E-state index contributed by atoms with van der Waals surface area (Å²) in [5, 5.41) is 3.29. The van der Waals surface area contributed by atoms with Crippen molar-refractivity contribution in [2.45, 2.75) is 32.1 Å². The van der Waals surface area contributed by atoms with Gasteiger partial charge in [0.2, 0.25) is 0 Å². The van der Waals surface area contributed by atoms with Crippen LogP contribution in [0.15, 0.2) is 0 Å². The first-order valence-corrected chi connectivity index (χ1v) is 6.25. The van der Waals surface area contributed by atoms with Crippen LogP contribution in [0.5, 0.6) is 0 Å². The highest BCUT2D eigenvalue weighted by Gasteiger charge is 2.23. The van der Waals surface area contributed by atoms with Crippen molar-refractivity contribution in [1.29, 1.82) is 0 Å². The van der Waals surface area contributed by atoms with Gasteiger partial charge in [0.1, 0.15) is 0 Å². The molecule has 0 amide bonds. The Morgan fingerprint density at radius 3 is 2.79 bits per heavy atom. The Morgan fingerprint density at radius 2 is 2.07 bits per heavy atom. The quantitative estimate of drug-likeness (QED) is 0.696. The Morgan fingerprint density at radius 1 is 1.21 bits per heavy atom. The van der Waals surface area contributed by atoms with E-state index in [-0.39, 0.29) is 0 Å². The molecule has 2 heteroatoms. The van der Waals surface area contributed by atoms with Crippen LogP contribution >= 0.6 is 0 Å². The van der Waals surface area contributed by atoms with E-state index in [1.807, 2.05) is 0 Å². The lowest BCUT2D eigenvalue weighted by Gasteiger charge is -2.15. The van der Waals surface area contributed by atoms with Crippen molar-refractivity contribution in [3.63, 3.8) is 0 Å². The van der Waals surface area contributed by atoms with Gasteiger partial charge in [-0.1, -0.05) is 12.8 Å². The van der Waals surface area contributed by atoms with E-state index in [0.717, 1.165) is 11.8 Å². The highest BCUT2D eigenvalue weighted by Crippen LogP contribution is 2.33. The van der Waals surface area contributed by atoms with Crippen LogP contribution in [0.1, 0.15) is 32.1 Å². The highest BCUT2D eigenvalue weighted by molar-refractivity contribution is 4.78. The summed E-state index contributed by atoms with van der Waals surface area (Å²) < 4.78 is 0. The van der Waals surface area contributed by atoms with Crippen LogP contribution in [-0.2, 0) is 0 Å². The molecule has 0 aromatic rings. The summed E-state index contributed by atoms with van der Waals surface area (Å²) in [5.41, 5.74) is 0. The molecule has 1 aliphatic carbocycles. The standard InChI is InChI=1S/C12H24N2/c1-13-9-12-6-8-14(10-12)7-2-3-11-4-5-11/h11-13H,2-10H2,1H3. The molecule has 1 heterocycles. The Labute approximate surface area is 88.1 Å². The normalized spacial score (nSPS) is 28.5. The van der Waals surface area contributed by atoms with Gasteiger partial charge >= 0.3 is 0 Å². The molecule has 1 atom stereocenters. The van der Waals surface area contributed by atoms with Gasteiger partial charge in [0.25, 0.3) is 0 Å². The number of nitrogens with zero attached hydrogens (tertiary/aromatic N) is 1. The fourth-order valence-corrected chi connectivity index (χ4v) is 2.58. The lowest BCUT2D eigenvalue weighted by atomic mass is 10.1. The SMILES string of the molecule is CNCC1CCN(CCCC2CC2)C1. The molecule has 1 unspecified atom stereocenters. The first-order chi connectivity index (χ1) is 6.88. The van der Waals surface area contributed by atoms with Crippen molar-refractivity contribution in [2.75, 3.05) is 33.2 Å². The molecule has 1 N–H and O–H groups in total. The minimum atomic E-state index is 0.918. The van der Waals surface area contributed by atoms with E-state index in [2.05, 4.69) is 17.3 Å². The number of likely N-dealkylation sites (tertiary alicyclic amines) is 1. The zero-order valence-electron chi connectivity index (χ0n) is 9.47. The third kappa shape index (κ3) is 3.25. The Hall–Kier alpha value is -0.0800. The molecule has 14 heavy (non-hydrogen) atoms. The van der Waals surface area contributed by atoms with Crippen LogP contribution in [0.2, 0.25) is 0 Å². The Balaban J connectivity index is 1.53. The molecule has 1 aliphatic heterocycles. The van der Waals surface area contributed by atoms with Crippen LogP contribution in [0.4, 0.5) is 0 Å². The van der Waals surface area contributed by atoms with Gasteiger partial charge in [-0.15, -0.1) is 0 Å². The molecule has 1 saturated carbocycles. The van der Waals surface area contributed by atoms with Gasteiger partial charge in [0.05, 0.1) is 0 Å². The molecule has 0 spiro atoms. The predicted molar refractivity (Wildman–Crippen MR) is 60.4 cm³/mol. The number of nitrogens with one attached hydrogen (secondary N) is 1.